The van der Waals surface area contributed by atoms with Gasteiger partial charge in [-0.15, -0.1) is 11.3 Å². The van der Waals surface area contributed by atoms with E-state index in [2.05, 4.69) is 4.98 Å². The number of nitro groups is 1. The molecule has 4 aromatic rings. The summed E-state index contributed by atoms with van der Waals surface area (Å²) in [6.45, 7) is 3.78. The van der Waals surface area contributed by atoms with Gasteiger partial charge in [-0.3, -0.25) is 19.5 Å². The van der Waals surface area contributed by atoms with Gasteiger partial charge in [0.1, 0.15) is 4.83 Å². The van der Waals surface area contributed by atoms with Crippen molar-refractivity contribution in [3.63, 3.8) is 0 Å². The molecular weight excluding hydrogens is 430 g/mol. The van der Waals surface area contributed by atoms with Crippen LogP contribution in [0.5, 0.6) is 0 Å². The van der Waals surface area contributed by atoms with Crippen LogP contribution in [0.4, 0.5) is 5.69 Å². The monoisotopic (exact) mass is 449 g/mol. The second-order valence-corrected chi connectivity index (χ2v) is 8.33. The van der Waals surface area contributed by atoms with E-state index in [1.54, 1.807) is 49.6 Å². The Bertz CT molecular complexity index is 1390. The zero-order valence-electron chi connectivity index (χ0n) is 17.3. The Labute approximate surface area is 186 Å². The number of nitrogens with zero attached hydrogens (tertiary/aromatic N) is 3. The number of hydrogen-bond acceptors (Lipinski definition) is 7. The second kappa shape index (κ2) is 8.72. The summed E-state index contributed by atoms with van der Waals surface area (Å²) in [6.07, 6.45) is 1.24. The van der Waals surface area contributed by atoms with Crippen molar-refractivity contribution in [2.24, 2.45) is 0 Å². The lowest BCUT2D eigenvalue weighted by Crippen LogP contribution is -2.21. The Morgan fingerprint density at radius 2 is 2.00 bits per heavy atom. The topological polar surface area (TPSA) is 104 Å². The van der Waals surface area contributed by atoms with Crippen molar-refractivity contribution in [2.75, 3.05) is 0 Å². The number of esters is 1. The molecule has 0 bridgehead atoms. The van der Waals surface area contributed by atoms with Gasteiger partial charge in [0.25, 0.3) is 11.2 Å². The van der Waals surface area contributed by atoms with Crippen molar-refractivity contribution in [1.82, 2.24) is 9.55 Å². The van der Waals surface area contributed by atoms with Crippen molar-refractivity contribution in [3.8, 4) is 11.1 Å². The molecule has 0 fully saturated rings. The Morgan fingerprint density at radius 1 is 1.22 bits per heavy atom. The highest BCUT2D eigenvalue weighted by molar-refractivity contribution is 7.17. The number of fused-ring (bicyclic) bond motifs is 1. The number of non-ortho nitro benzene ring substituents is 1. The maximum Gasteiger partial charge on any atom is 0.338 e. The Morgan fingerprint density at radius 3 is 2.75 bits per heavy atom. The van der Waals surface area contributed by atoms with E-state index in [4.69, 9.17) is 4.74 Å². The normalized spacial score (nSPS) is 11.1. The van der Waals surface area contributed by atoms with Gasteiger partial charge in [-0.2, -0.15) is 0 Å². The minimum atomic E-state index is -0.466. The third-order valence-electron chi connectivity index (χ3n) is 4.79. The summed E-state index contributed by atoms with van der Waals surface area (Å²) in [5.41, 5.74) is 2.05. The molecule has 0 N–H and O–H groups in total. The minimum Gasteiger partial charge on any atom is -0.459 e. The van der Waals surface area contributed by atoms with E-state index in [0.717, 1.165) is 5.56 Å². The number of carbonyl (C=O) groups is 1. The minimum absolute atomic E-state index is 0.0452. The van der Waals surface area contributed by atoms with Crippen LogP contribution < -0.4 is 5.56 Å². The zero-order valence-corrected chi connectivity index (χ0v) is 18.2. The molecule has 32 heavy (non-hydrogen) atoms. The summed E-state index contributed by atoms with van der Waals surface area (Å²) in [7, 11) is 0. The first-order valence-corrected chi connectivity index (χ1v) is 10.7. The van der Waals surface area contributed by atoms with Gasteiger partial charge in [-0.25, -0.2) is 9.78 Å². The molecule has 0 aliphatic rings. The number of ether oxygens (including phenoxy) is 1. The maximum atomic E-state index is 13.3. The van der Waals surface area contributed by atoms with Crippen LogP contribution in [0.25, 0.3) is 21.3 Å². The van der Waals surface area contributed by atoms with Crippen LogP contribution in [-0.4, -0.2) is 26.5 Å². The first kappa shape index (κ1) is 21.4. The number of benzene rings is 2. The third kappa shape index (κ3) is 4.28. The average Bonchev–Trinajstić information content (AvgIpc) is 3.20. The molecular formula is C23H19N3O5S. The predicted octanol–water partition coefficient (Wildman–Crippen LogP) is 4.65. The van der Waals surface area contributed by atoms with Gasteiger partial charge in [-0.05, 0) is 37.1 Å². The van der Waals surface area contributed by atoms with Crippen LogP contribution in [0.2, 0.25) is 0 Å². The molecule has 0 amide bonds. The van der Waals surface area contributed by atoms with Gasteiger partial charge in [0, 0.05) is 23.1 Å². The molecule has 0 atom stereocenters. The van der Waals surface area contributed by atoms with E-state index >= 15 is 0 Å². The smallest absolute Gasteiger partial charge is 0.338 e. The Kier molecular flexibility index (Phi) is 5.83. The summed E-state index contributed by atoms with van der Waals surface area (Å²) in [5, 5.41) is 13.3. The summed E-state index contributed by atoms with van der Waals surface area (Å²) in [4.78, 5) is 41.1. The van der Waals surface area contributed by atoms with Crippen LogP contribution in [0.15, 0.2) is 65.0 Å². The molecule has 0 aliphatic carbocycles. The van der Waals surface area contributed by atoms with E-state index in [-0.39, 0.29) is 23.9 Å². The lowest BCUT2D eigenvalue weighted by atomic mass is 10.1. The highest BCUT2D eigenvalue weighted by Gasteiger charge is 2.16. The molecule has 0 radical (unpaired) electrons. The molecule has 2 heterocycles. The SMILES string of the molecule is CC(C)OC(=O)c1cccc(Cn2cnc3scc(-c4cccc([N+](=O)[O-])c4)c3c2=O)c1. The standard InChI is InChI=1S/C23H19N3O5S/c1-14(2)31-23(28)17-7-3-5-15(9-17)11-25-13-24-21-20(22(25)27)19(12-32-21)16-6-4-8-18(10-16)26(29)30/h3-10,12-14H,11H2,1-2H3. The molecule has 0 saturated carbocycles. The van der Waals surface area contributed by atoms with Crippen molar-refractivity contribution in [2.45, 2.75) is 26.5 Å². The molecule has 0 saturated heterocycles. The number of aromatic nitrogens is 2. The molecule has 0 aliphatic heterocycles. The molecule has 9 heteroatoms. The number of carbonyl (C=O) groups excluding carboxylic acids is 1. The number of rotatable bonds is 6. The van der Waals surface area contributed by atoms with Crippen LogP contribution in [-0.2, 0) is 11.3 Å². The predicted molar refractivity (Wildman–Crippen MR) is 122 cm³/mol. The molecule has 0 unspecified atom stereocenters. The summed E-state index contributed by atoms with van der Waals surface area (Å²) >= 11 is 1.31. The fourth-order valence-electron chi connectivity index (χ4n) is 3.36. The lowest BCUT2D eigenvalue weighted by Gasteiger charge is -2.10. The van der Waals surface area contributed by atoms with Gasteiger partial charge in [0.05, 0.1) is 34.8 Å². The third-order valence-corrected chi connectivity index (χ3v) is 5.67. The van der Waals surface area contributed by atoms with E-state index < -0.39 is 10.9 Å². The van der Waals surface area contributed by atoms with Crippen LogP contribution >= 0.6 is 11.3 Å². The van der Waals surface area contributed by atoms with E-state index in [9.17, 15) is 19.7 Å². The Hall–Kier alpha value is -3.85. The molecule has 2 aromatic carbocycles. The van der Waals surface area contributed by atoms with Gasteiger partial charge >= 0.3 is 5.97 Å². The summed E-state index contributed by atoms with van der Waals surface area (Å²) in [6, 6.07) is 13.1. The van der Waals surface area contributed by atoms with Crippen LogP contribution in [0.3, 0.4) is 0 Å². The van der Waals surface area contributed by atoms with Gasteiger partial charge in [0.15, 0.2) is 0 Å². The summed E-state index contributed by atoms with van der Waals surface area (Å²) in [5.74, 6) is -0.423. The Balaban J connectivity index is 1.72. The molecule has 4 rings (SSSR count). The highest BCUT2D eigenvalue weighted by atomic mass is 32.1. The largest absolute Gasteiger partial charge is 0.459 e. The molecule has 8 nitrogen and oxygen atoms in total. The van der Waals surface area contributed by atoms with E-state index in [0.29, 0.717) is 26.9 Å². The molecule has 162 valence electrons. The fourth-order valence-corrected chi connectivity index (χ4v) is 4.26. The van der Waals surface area contributed by atoms with E-state index in [1.807, 2.05) is 6.07 Å². The number of thiophene rings is 1. The highest BCUT2D eigenvalue weighted by Crippen LogP contribution is 2.32. The maximum absolute atomic E-state index is 13.3. The van der Waals surface area contributed by atoms with Gasteiger partial charge in [0.2, 0.25) is 0 Å². The zero-order chi connectivity index (χ0) is 22.8. The van der Waals surface area contributed by atoms with Gasteiger partial charge in [-0.1, -0.05) is 24.3 Å². The van der Waals surface area contributed by atoms with Gasteiger partial charge < -0.3 is 4.74 Å². The quantitative estimate of drug-likeness (QED) is 0.241. The fraction of sp³-hybridized carbons (Fsp3) is 0.174. The average molecular weight is 449 g/mol. The first-order chi connectivity index (χ1) is 15.3. The number of nitro benzene ring substituents is 1. The summed E-state index contributed by atoms with van der Waals surface area (Å²) < 4.78 is 6.70. The van der Waals surface area contributed by atoms with Crippen LogP contribution in [0.1, 0.15) is 29.8 Å². The molecule has 2 aromatic heterocycles. The number of hydrogen-bond donors (Lipinski definition) is 0. The lowest BCUT2D eigenvalue weighted by molar-refractivity contribution is -0.384. The van der Waals surface area contributed by atoms with Crippen molar-refractivity contribution < 1.29 is 14.5 Å². The van der Waals surface area contributed by atoms with Crippen molar-refractivity contribution >= 4 is 33.2 Å². The molecule has 0 spiro atoms. The van der Waals surface area contributed by atoms with Crippen molar-refractivity contribution in [3.05, 3.63) is 91.8 Å². The van der Waals surface area contributed by atoms with Crippen LogP contribution in [0, 0.1) is 10.1 Å². The van der Waals surface area contributed by atoms with Crippen molar-refractivity contribution in [1.29, 1.82) is 0 Å². The van der Waals surface area contributed by atoms with E-state index in [1.165, 1.54) is 34.4 Å². The second-order valence-electron chi connectivity index (χ2n) is 7.47. The first-order valence-electron chi connectivity index (χ1n) is 9.85.